The lowest BCUT2D eigenvalue weighted by atomic mass is 10.2. The Morgan fingerprint density at radius 1 is 1.60 bits per heavy atom. The van der Waals surface area contributed by atoms with Gasteiger partial charge in [0, 0.05) is 19.0 Å². The summed E-state index contributed by atoms with van der Waals surface area (Å²) >= 11 is 0. The van der Waals surface area contributed by atoms with Gasteiger partial charge in [0.1, 0.15) is 0 Å². The van der Waals surface area contributed by atoms with Crippen molar-refractivity contribution in [3.05, 3.63) is 11.9 Å². The third-order valence-corrected chi connectivity index (χ3v) is 0.903. The summed E-state index contributed by atoms with van der Waals surface area (Å²) < 4.78 is 0. The lowest BCUT2D eigenvalue weighted by molar-refractivity contribution is 0.667. The van der Waals surface area contributed by atoms with Crippen molar-refractivity contribution in [2.75, 3.05) is 6.54 Å². The molecule has 0 amide bonds. The zero-order chi connectivity index (χ0) is 7.98. The van der Waals surface area contributed by atoms with E-state index in [0.29, 0.717) is 11.6 Å². The van der Waals surface area contributed by atoms with Gasteiger partial charge in [-0.25, -0.2) is 0 Å². The van der Waals surface area contributed by atoms with E-state index in [-0.39, 0.29) is 0 Å². The predicted molar refractivity (Wildman–Crippen MR) is 44.7 cm³/mol. The zero-order valence-electron chi connectivity index (χ0n) is 6.54. The maximum atomic E-state index is 5.35. The first kappa shape index (κ1) is 9.01. The topological polar surface area (TPSA) is 64.4 Å². The van der Waals surface area contributed by atoms with Crippen molar-refractivity contribution < 1.29 is 0 Å². The molecule has 0 unspecified atom stereocenters. The van der Waals surface area contributed by atoms with Gasteiger partial charge in [-0.2, -0.15) is 0 Å². The number of hydrogen-bond donors (Lipinski definition) is 2. The summed E-state index contributed by atoms with van der Waals surface area (Å²) in [5.74, 6) is 0.571. The van der Waals surface area contributed by atoms with Gasteiger partial charge in [0.05, 0.1) is 5.70 Å². The highest BCUT2D eigenvalue weighted by molar-refractivity contribution is 5.76. The normalized spacial score (nSPS) is 13.3. The largest absolute Gasteiger partial charge is 0.403 e. The fraction of sp³-hybridized carbons (Fsp3) is 0.571. The minimum atomic E-state index is 0.514. The minimum Gasteiger partial charge on any atom is -0.403 e. The number of aliphatic imine (C=N–C) groups is 1. The first-order valence-corrected chi connectivity index (χ1v) is 3.34. The summed E-state index contributed by atoms with van der Waals surface area (Å²) in [6, 6.07) is 0. The smallest absolute Gasteiger partial charge is 0.0652 e. The van der Waals surface area contributed by atoms with Crippen molar-refractivity contribution >= 4 is 6.21 Å². The molecule has 0 spiro atoms. The fourth-order valence-corrected chi connectivity index (χ4v) is 0.412. The van der Waals surface area contributed by atoms with Gasteiger partial charge >= 0.3 is 0 Å². The average molecular weight is 141 g/mol. The monoisotopic (exact) mass is 141 g/mol. The second kappa shape index (κ2) is 4.85. The Balaban J connectivity index is 3.56. The Morgan fingerprint density at radius 2 is 2.20 bits per heavy atom. The van der Waals surface area contributed by atoms with Crippen molar-refractivity contribution in [2.45, 2.75) is 13.8 Å². The van der Waals surface area contributed by atoms with Gasteiger partial charge in [0.15, 0.2) is 0 Å². The first-order chi connectivity index (χ1) is 4.66. The van der Waals surface area contributed by atoms with E-state index in [1.165, 1.54) is 6.20 Å². The summed E-state index contributed by atoms with van der Waals surface area (Å²) in [5, 5.41) is 0. The molecule has 0 aromatic heterocycles. The van der Waals surface area contributed by atoms with E-state index in [1.807, 2.05) is 0 Å². The summed E-state index contributed by atoms with van der Waals surface area (Å²) in [6.07, 6.45) is 2.92. The Hall–Kier alpha value is -0.990. The number of hydrogen-bond acceptors (Lipinski definition) is 3. The van der Waals surface area contributed by atoms with Crippen molar-refractivity contribution in [1.82, 2.24) is 0 Å². The van der Waals surface area contributed by atoms with Crippen LogP contribution in [0.1, 0.15) is 13.8 Å². The molecule has 3 heteroatoms. The van der Waals surface area contributed by atoms with E-state index in [2.05, 4.69) is 18.8 Å². The van der Waals surface area contributed by atoms with Crippen LogP contribution in [-0.4, -0.2) is 12.8 Å². The summed E-state index contributed by atoms with van der Waals surface area (Å²) in [6.45, 7) is 4.99. The molecule has 0 radical (unpaired) electrons. The van der Waals surface area contributed by atoms with Crippen LogP contribution < -0.4 is 11.5 Å². The number of allylic oxidation sites excluding steroid dienone is 1. The van der Waals surface area contributed by atoms with Gasteiger partial charge in [-0.15, -0.1) is 0 Å². The SMILES string of the molecule is CC(C)CN=CC(N)=CN. The maximum absolute atomic E-state index is 5.35. The van der Waals surface area contributed by atoms with Crippen molar-refractivity contribution in [3.8, 4) is 0 Å². The van der Waals surface area contributed by atoms with Crippen LogP contribution >= 0.6 is 0 Å². The van der Waals surface area contributed by atoms with Crippen LogP contribution in [0.4, 0.5) is 0 Å². The van der Waals surface area contributed by atoms with Gasteiger partial charge < -0.3 is 11.5 Å². The molecule has 0 aromatic rings. The Morgan fingerprint density at radius 3 is 2.60 bits per heavy atom. The maximum Gasteiger partial charge on any atom is 0.0652 e. The van der Waals surface area contributed by atoms with Crippen molar-refractivity contribution in [2.24, 2.45) is 22.4 Å². The second-order valence-electron chi connectivity index (χ2n) is 2.55. The molecular weight excluding hydrogens is 126 g/mol. The predicted octanol–water partition coefficient (Wildman–Crippen LogP) is 0.472. The van der Waals surface area contributed by atoms with Crippen molar-refractivity contribution in [1.29, 1.82) is 0 Å². The third-order valence-electron chi connectivity index (χ3n) is 0.903. The summed E-state index contributed by atoms with van der Waals surface area (Å²) in [5.41, 5.74) is 11.0. The van der Waals surface area contributed by atoms with E-state index in [9.17, 15) is 0 Å². The van der Waals surface area contributed by atoms with E-state index in [1.54, 1.807) is 6.21 Å². The molecule has 0 fully saturated rings. The third kappa shape index (κ3) is 5.15. The molecule has 0 saturated carbocycles. The van der Waals surface area contributed by atoms with E-state index in [0.717, 1.165) is 6.54 Å². The lowest BCUT2D eigenvalue weighted by Gasteiger charge is -1.96. The van der Waals surface area contributed by atoms with Crippen molar-refractivity contribution in [3.63, 3.8) is 0 Å². The van der Waals surface area contributed by atoms with Crippen LogP contribution in [0.15, 0.2) is 16.9 Å². The van der Waals surface area contributed by atoms with Crippen LogP contribution in [0.25, 0.3) is 0 Å². The molecule has 10 heavy (non-hydrogen) atoms. The van der Waals surface area contributed by atoms with Gasteiger partial charge in [-0.3, -0.25) is 4.99 Å². The molecule has 0 saturated heterocycles. The Labute approximate surface area is 61.8 Å². The van der Waals surface area contributed by atoms with Crippen LogP contribution in [0, 0.1) is 5.92 Å². The Kier molecular flexibility index (Phi) is 4.37. The molecular formula is C7H15N3. The van der Waals surface area contributed by atoms with Crippen LogP contribution in [0.5, 0.6) is 0 Å². The fourth-order valence-electron chi connectivity index (χ4n) is 0.412. The highest BCUT2D eigenvalue weighted by Gasteiger charge is 1.87. The highest BCUT2D eigenvalue weighted by atomic mass is 14.7. The number of rotatable bonds is 3. The molecule has 4 N–H and O–H groups in total. The van der Waals surface area contributed by atoms with Crippen LogP contribution in [0.3, 0.4) is 0 Å². The van der Waals surface area contributed by atoms with Crippen LogP contribution in [0.2, 0.25) is 0 Å². The van der Waals surface area contributed by atoms with E-state index < -0.39 is 0 Å². The van der Waals surface area contributed by atoms with Crippen LogP contribution in [-0.2, 0) is 0 Å². The Bertz CT molecular complexity index is 136. The number of nitrogens with zero attached hydrogens (tertiary/aromatic N) is 1. The quantitative estimate of drug-likeness (QED) is 0.561. The van der Waals surface area contributed by atoms with Gasteiger partial charge in [0.25, 0.3) is 0 Å². The molecule has 0 bridgehead atoms. The highest BCUT2D eigenvalue weighted by Crippen LogP contribution is 1.90. The van der Waals surface area contributed by atoms with E-state index >= 15 is 0 Å². The molecule has 0 atom stereocenters. The minimum absolute atomic E-state index is 0.514. The first-order valence-electron chi connectivity index (χ1n) is 3.34. The molecule has 3 nitrogen and oxygen atoms in total. The standard InChI is InChI=1S/C7H15N3/c1-6(2)4-10-5-7(9)3-8/h3,5-6H,4,8-9H2,1-2H3. The summed E-state index contributed by atoms with van der Waals surface area (Å²) in [4.78, 5) is 4.04. The molecule has 0 rings (SSSR count). The average Bonchev–Trinajstić information content (AvgIpc) is 1.87. The molecule has 0 aliphatic carbocycles. The molecule has 0 aliphatic rings. The van der Waals surface area contributed by atoms with E-state index in [4.69, 9.17) is 11.5 Å². The van der Waals surface area contributed by atoms with Gasteiger partial charge in [-0.05, 0) is 5.92 Å². The summed E-state index contributed by atoms with van der Waals surface area (Å²) in [7, 11) is 0. The van der Waals surface area contributed by atoms with Gasteiger partial charge in [-0.1, -0.05) is 13.8 Å². The van der Waals surface area contributed by atoms with Gasteiger partial charge in [0.2, 0.25) is 0 Å². The molecule has 0 aromatic carbocycles. The second-order valence-corrected chi connectivity index (χ2v) is 2.55. The number of nitrogens with two attached hydrogens (primary N) is 2. The molecule has 0 heterocycles. The molecule has 0 aliphatic heterocycles. The zero-order valence-corrected chi connectivity index (χ0v) is 6.54. The molecule has 58 valence electrons. The lowest BCUT2D eigenvalue weighted by Crippen LogP contribution is -2.03.